The molecule has 0 saturated heterocycles. The quantitative estimate of drug-likeness (QED) is 0.316. The van der Waals surface area contributed by atoms with Crippen LogP contribution in [0.15, 0.2) is 70.0 Å². The average Bonchev–Trinajstić information content (AvgIpc) is 2.61. The molecule has 0 aromatic heterocycles. The van der Waals surface area contributed by atoms with Gasteiger partial charge in [-0.1, -0.05) is 59.3 Å². The van der Waals surface area contributed by atoms with Crippen LogP contribution >= 0.6 is 23.4 Å². The predicted molar refractivity (Wildman–Crippen MR) is 120 cm³/mol. The van der Waals surface area contributed by atoms with Crippen molar-refractivity contribution >= 4 is 28.9 Å². The molecule has 1 aliphatic rings. The number of allylic oxidation sites excluding steroid dienone is 1. The Labute approximate surface area is 173 Å². The van der Waals surface area contributed by atoms with E-state index in [-0.39, 0.29) is 0 Å². The second kappa shape index (κ2) is 8.68. The number of benzene rings is 2. The third-order valence-electron chi connectivity index (χ3n) is 5.00. The molecule has 0 spiro atoms. The predicted octanol–water partition coefficient (Wildman–Crippen LogP) is 7.06. The molecule has 0 atom stereocenters. The van der Waals surface area contributed by atoms with E-state index in [1.807, 2.05) is 17.8 Å². The molecule has 0 aliphatic carbocycles. The van der Waals surface area contributed by atoms with Crippen LogP contribution in [0.2, 0.25) is 5.02 Å². The van der Waals surface area contributed by atoms with E-state index in [0.717, 1.165) is 28.9 Å². The van der Waals surface area contributed by atoms with Crippen LogP contribution in [-0.2, 0) is 0 Å². The maximum absolute atomic E-state index is 6.31. The molecule has 0 bridgehead atoms. The number of hydrogen-bond donors (Lipinski definition) is 0. The zero-order valence-corrected chi connectivity index (χ0v) is 18.3. The molecular formula is C24H29ClNS+. The van der Waals surface area contributed by atoms with Gasteiger partial charge in [-0.25, -0.2) is 0 Å². The van der Waals surface area contributed by atoms with Crippen molar-refractivity contribution in [2.75, 3.05) is 27.2 Å². The lowest BCUT2D eigenvalue weighted by Gasteiger charge is -2.29. The van der Waals surface area contributed by atoms with E-state index in [1.165, 1.54) is 38.6 Å². The SMILES string of the molecule is CC(C)=CCC[N+](C)(C)CC/C=C1/c2ccccc2Sc2ccc(Cl)cc21. The van der Waals surface area contributed by atoms with E-state index in [1.54, 1.807) is 0 Å². The van der Waals surface area contributed by atoms with Crippen LogP contribution < -0.4 is 0 Å². The standard InChI is InChI=1S/C24H29ClNS/c1-18(2)9-7-15-26(3,4)16-8-11-20-21-10-5-6-12-23(21)27-24-14-13-19(25)17-22(20)24/h5-6,9-14,17H,7-8,15-16H2,1-4H3/q+1/b20-11-. The van der Waals surface area contributed by atoms with Crippen molar-refractivity contribution < 1.29 is 4.48 Å². The Bertz CT molecular complexity index is 876. The highest BCUT2D eigenvalue weighted by molar-refractivity contribution is 7.99. The second-order valence-corrected chi connectivity index (χ2v) is 9.62. The summed E-state index contributed by atoms with van der Waals surface area (Å²) in [5, 5.41) is 0.803. The number of hydrogen-bond acceptors (Lipinski definition) is 1. The van der Waals surface area contributed by atoms with Crippen LogP contribution in [0, 0.1) is 0 Å². The molecule has 1 nitrogen and oxygen atoms in total. The summed E-state index contributed by atoms with van der Waals surface area (Å²) in [6, 6.07) is 14.9. The van der Waals surface area contributed by atoms with Gasteiger partial charge in [0.2, 0.25) is 0 Å². The zero-order valence-electron chi connectivity index (χ0n) is 16.8. The largest absolute Gasteiger partial charge is 0.328 e. The first kappa shape index (κ1) is 20.3. The first-order chi connectivity index (χ1) is 12.9. The maximum Gasteiger partial charge on any atom is 0.0817 e. The summed E-state index contributed by atoms with van der Waals surface area (Å²) in [5.41, 5.74) is 5.32. The van der Waals surface area contributed by atoms with E-state index in [2.05, 4.69) is 76.5 Å². The third kappa shape index (κ3) is 5.28. The van der Waals surface area contributed by atoms with Crippen LogP contribution in [0.25, 0.3) is 5.57 Å². The van der Waals surface area contributed by atoms with Crippen molar-refractivity contribution in [1.82, 2.24) is 0 Å². The maximum atomic E-state index is 6.31. The van der Waals surface area contributed by atoms with Crippen molar-refractivity contribution in [2.24, 2.45) is 0 Å². The number of halogens is 1. The molecule has 142 valence electrons. The van der Waals surface area contributed by atoms with Crippen molar-refractivity contribution in [1.29, 1.82) is 0 Å². The first-order valence-corrected chi connectivity index (χ1v) is 10.8. The minimum atomic E-state index is 0.803. The minimum absolute atomic E-state index is 0.803. The molecule has 3 rings (SSSR count). The molecule has 0 unspecified atom stereocenters. The van der Waals surface area contributed by atoms with E-state index in [9.17, 15) is 0 Å². The summed E-state index contributed by atoms with van der Waals surface area (Å²) in [4.78, 5) is 2.62. The Morgan fingerprint density at radius 3 is 2.44 bits per heavy atom. The average molecular weight is 399 g/mol. The number of rotatable bonds is 6. The van der Waals surface area contributed by atoms with E-state index in [0.29, 0.717) is 0 Å². The summed E-state index contributed by atoms with van der Waals surface area (Å²) in [6.45, 7) is 6.64. The van der Waals surface area contributed by atoms with Gasteiger partial charge >= 0.3 is 0 Å². The van der Waals surface area contributed by atoms with Gasteiger partial charge in [0.15, 0.2) is 0 Å². The lowest BCUT2D eigenvalue weighted by atomic mass is 9.96. The van der Waals surface area contributed by atoms with Gasteiger partial charge in [0, 0.05) is 27.7 Å². The van der Waals surface area contributed by atoms with Gasteiger partial charge < -0.3 is 4.48 Å². The molecule has 1 aliphatic heterocycles. The van der Waals surface area contributed by atoms with Gasteiger partial charge in [0.25, 0.3) is 0 Å². The number of quaternary nitrogens is 1. The Kier molecular flexibility index (Phi) is 6.52. The summed E-state index contributed by atoms with van der Waals surface area (Å²) >= 11 is 8.15. The van der Waals surface area contributed by atoms with Crippen LogP contribution in [0.1, 0.15) is 37.8 Å². The van der Waals surface area contributed by atoms with Crippen LogP contribution in [0.3, 0.4) is 0 Å². The van der Waals surface area contributed by atoms with Gasteiger partial charge in [0.05, 0.1) is 27.2 Å². The second-order valence-electron chi connectivity index (χ2n) is 8.10. The molecule has 0 saturated carbocycles. The van der Waals surface area contributed by atoms with E-state index in [4.69, 9.17) is 11.6 Å². The minimum Gasteiger partial charge on any atom is -0.328 e. The summed E-state index contributed by atoms with van der Waals surface area (Å²) in [7, 11) is 4.65. The molecule has 0 N–H and O–H groups in total. The van der Waals surface area contributed by atoms with Gasteiger partial charge in [-0.3, -0.25) is 0 Å². The fraction of sp³-hybridized carbons (Fsp3) is 0.333. The Hall–Kier alpha value is -1.48. The summed E-state index contributed by atoms with van der Waals surface area (Å²) < 4.78 is 1.03. The van der Waals surface area contributed by atoms with Crippen molar-refractivity contribution in [3.8, 4) is 0 Å². The molecule has 2 aromatic carbocycles. The van der Waals surface area contributed by atoms with Crippen molar-refractivity contribution in [3.63, 3.8) is 0 Å². The summed E-state index contributed by atoms with van der Waals surface area (Å²) in [5.74, 6) is 0. The van der Waals surface area contributed by atoms with Gasteiger partial charge in [-0.05, 0) is 54.8 Å². The lowest BCUT2D eigenvalue weighted by Crippen LogP contribution is -2.40. The Balaban J connectivity index is 1.81. The van der Waals surface area contributed by atoms with Crippen molar-refractivity contribution in [2.45, 2.75) is 36.5 Å². The molecule has 0 amide bonds. The number of fused-ring (bicyclic) bond motifs is 2. The lowest BCUT2D eigenvalue weighted by molar-refractivity contribution is -0.889. The van der Waals surface area contributed by atoms with Crippen LogP contribution in [-0.4, -0.2) is 31.7 Å². The van der Waals surface area contributed by atoms with Gasteiger partial charge in [-0.15, -0.1) is 0 Å². The fourth-order valence-electron chi connectivity index (χ4n) is 3.44. The Morgan fingerprint density at radius 2 is 1.67 bits per heavy atom. The third-order valence-corrected chi connectivity index (χ3v) is 6.39. The normalized spacial score (nSPS) is 14.6. The van der Waals surface area contributed by atoms with Crippen LogP contribution in [0.4, 0.5) is 0 Å². The highest BCUT2D eigenvalue weighted by atomic mass is 35.5. The molecule has 27 heavy (non-hydrogen) atoms. The van der Waals surface area contributed by atoms with Gasteiger partial charge in [0.1, 0.15) is 0 Å². The fourth-order valence-corrected chi connectivity index (χ4v) is 4.69. The smallest absolute Gasteiger partial charge is 0.0817 e. The van der Waals surface area contributed by atoms with Gasteiger partial charge in [-0.2, -0.15) is 0 Å². The monoisotopic (exact) mass is 398 g/mol. The topological polar surface area (TPSA) is 0 Å². The zero-order chi connectivity index (χ0) is 19.4. The Morgan fingerprint density at radius 1 is 0.963 bits per heavy atom. The van der Waals surface area contributed by atoms with E-state index >= 15 is 0 Å². The van der Waals surface area contributed by atoms with Crippen LogP contribution in [0.5, 0.6) is 0 Å². The molecule has 2 aromatic rings. The molecule has 3 heteroatoms. The first-order valence-electron chi connectivity index (χ1n) is 9.58. The molecular weight excluding hydrogens is 370 g/mol. The molecule has 0 fully saturated rings. The van der Waals surface area contributed by atoms with Crippen molar-refractivity contribution in [3.05, 3.63) is 76.3 Å². The molecule has 1 heterocycles. The summed E-state index contributed by atoms with van der Waals surface area (Å²) in [6.07, 6.45) is 6.95. The highest BCUT2D eigenvalue weighted by Crippen LogP contribution is 2.46. The number of nitrogens with zero attached hydrogens (tertiary/aromatic N) is 1. The highest BCUT2D eigenvalue weighted by Gasteiger charge is 2.21. The van der Waals surface area contributed by atoms with E-state index < -0.39 is 0 Å². The molecule has 0 radical (unpaired) electrons.